The highest BCUT2D eigenvalue weighted by Crippen LogP contribution is 2.23. The lowest BCUT2D eigenvalue weighted by Gasteiger charge is -2.29. The molecule has 1 amide bonds. The van der Waals surface area contributed by atoms with Crippen LogP contribution >= 0.6 is 0 Å². The Hall–Kier alpha value is -2.80. The van der Waals surface area contributed by atoms with Crippen molar-refractivity contribution < 1.29 is 4.79 Å². The Bertz CT molecular complexity index is 932. The molecule has 0 radical (unpaired) electrons. The zero-order chi connectivity index (χ0) is 17.4. The van der Waals surface area contributed by atoms with Crippen molar-refractivity contribution in [2.24, 2.45) is 0 Å². The third-order valence-electron chi connectivity index (χ3n) is 4.49. The van der Waals surface area contributed by atoms with Crippen molar-refractivity contribution in [1.29, 1.82) is 0 Å². The Balaban J connectivity index is 1.58. The first-order chi connectivity index (χ1) is 12.1. The molecule has 4 rings (SSSR count). The Morgan fingerprint density at radius 1 is 1.24 bits per heavy atom. The van der Waals surface area contributed by atoms with Crippen molar-refractivity contribution in [1.82, 2.24) is 29.7 Å². The molecule has 1 aliphatic rings. The van der Waals surface area contributed by atoms with Gasteiger partial charge in [-0.25, -0.2) is 15.0 Å². The van der Waals surface area contributed by atoms with Crippen LogP contribution in [0.1, 0.15) is 27.2 Å². The van der Waals surface area contributed by atoms with E-state index < -0.39 is 0 Å². The van der Waals surface area contributed by atoms with Gasteiger partial charge in [0.15, 0.2) is 11.3 Å². The minimum absolute atomic E-state index is 0.0836. The van der Waals surface area contributed by atoms with Crippen LogP contribution in [0.15, 0.2) is 30.9 Å². The molecule has 0 fully saturated rings. The maximum Gasteiger partial charge on any atom is 0.275 e. The van der Waals surface area contributed by atoms with E-state index in [-0.39, 0.29) is 5.91 Å². The predicted molar refractivity (Wildman–Crippen MR) is 94.0 cm³/mol. The lowest BCUT2D eigenvalue weighted by Crippen LogP contribution is -2.36. The normalized spacial score (nSPS) is 14.1. The van der Waals surface area contributed by atoms with Gasteiger partial charge >= 0.3 is 0 Å². The minimum atomic E-state index is -0.0836. The molecule has 0 bridgehead atoms. The van der Waals surface area contributed by atoms with Crippen LogP contribution in [0.25, 0.3) is 11.2 Å². The molecule has 0 saturated heterocycles. The smallest absolute Gasteiger partial charge is 0.275 e. The molecule has 1 N–H and O–H groups in total. The van der Waals surface area contributed by atoms with E-state index in [1.807, 2.05) is 4.90 Å². The monoisotopic (exact) mass is 336 g/mol. The standard InChI is InChI=1S/C18H20N6O/c1-23(2)8-12-3-4-14-9-24(6-5-13(14)7-12)18(25)16-15-17(21-10-19-15)22-11-20-16/h3-4,7,10-11H,5-6,8-9H2,1-2H3,(H,19,20,21,22). The third kappa shape index (κ3) is 2.98. The molecule has 0 unspecified atom stereocenters. The fraction of sp³-hybridized carbons (Fsp3) is 0.333. The van der Waals surface area contributed by atoms with Gasteiger partial charge in [-0.05, 0) is 37.2 Å². The number of hydrogen-bond acceptors (Lipinski definition) is 5. The van der Waals surface area contributed by atoms with Gasteiger partial charge in [-0.15, -0.1) is 0 Å². The second-order valence-corrected chi connectivity index (χ2v) is 6.64. The summed E-state index contributed by atoms with van der Waals surface area (Å²) < 4.78 is 0. The topological polar surface area (TPSA) is 78.0 Å². The van der Waals surface area contributed by atoms with Crippen LogP contribution in [0.5, 0.6) is 0 Å². The Morgan fingerprint density at radius 2 is 2.12 bits per heavy atom. The summed E-state index contributed by atoms with van der Waals surface area (Å²) in [6.45, 7) is 2.22. The number of carbonyl (C=O) groups is 1. The molecule has 3 aromatic rings. The summed E-state index contributed by atoms with van der Waals surface area (Å²) in [5, 5.41) is 0. The summed E-state index contributed by atoms with van der Waals surface area (Å²) in [7, 11) is 4.13. The highest BCUT2D eigenvalue weighted by molar-refractivity contribution is 6.02. The van der Waals surface area contributed by atoms with Crippen molar-refractivity contribution in [2.75, 3.05) is 20.6 Å². The SMILES string of the molecule is CN(C)Cc1ccc2c(c1)CCN(C(=O)c1ncnc3nc[nH]c13)C2. The van der Waals surface area contributed by atoms with Gasteiger partial charge < -0.3 is 14.8 Å². The van der Waals surface area contributed by atoms with Crippen LogP contribution in [0, 0.1) is 0 Å². The number of aromatic amines is 1. The number of fused-ring (bicyclic) bond motifs is 2. The number of nitrogens with one attached hydrogen (secondary N) is 1. The summed E-state index contributed by atoms with van der Waals surface area (Å²) in [6, 6.07) is 6.54. The van der Waals surface area contributed by atoms with E-state index in [1.165, 1.54) is 29.3 Å². The molecule has 0 saturated carbocycles. The van der Waals surface area contributed by atoms with Gasteiger partial charge in [-0.1, -0.05) is 18.2 Å². The van der Waals surface area contributed by atoms with Crippen molar-refractivity contribution in [3.63, 3.8) is 0 Å². The summed E-state index contributed by atoms with van der Waals surface area (Å²) in [6.07, 6.45) is 3.79. The number of hydrogen-bond donors (Lipinski definition) is 1. The molecule has 128 valence electrons. The molecular formula is C18H20N6O. The average Bonchev–Trinajstić information content (AvgIpc) is 3.09. The molecule has 25 heavy (non-hydrogen) atoms. The molecule has 7 nitrogen and oxygen atoms in total. The van der Waals surface area contributed by atoms with Gasteiger partial charge in [0.1, 0.15) is 11.8 Å². The van der Waals surface area contributed by atoms with Crippen LogP contribution in [0.4, 0.5) is 0 Å². The highest BCUT2D eigenvalue weighted by atomic mass is 16.2. The number of imidazole rings is 1. The number of carbonyl (C=O) groups excluding carboxylic acids is 1. The molecule has 2 aromatic heterocycles. The largest absolute Gasteiger partial charge is 0.341 e. The van der Waals surface area contributed by atoms with E-state index in [2.05, 4.69) is 57.1 Å². The van der Waals surface area contributed by atoms with Crippen LogP contribution in [-0.2, 0) is 19.5 Å². The summed E-state index contributed by atoms with van der Waals surface area (Å²) >= 11 is 0. The Labute approximate surface area is 145 Å². The van der Waals surface area contributed by atoms with Gasteiger partial charge in [0.25, 0.3) is 5.91 Å². The quantitative estimate of drug-likeness (QED) is 0.786. The molecule has 0 spiro atoms. The van der Waals surface area contributed by atoms with Crippen molar-refractivity contribution in [3.8, 4) is 0 Å². The Kier molecular flexibility index (Phi) is 3.93. The van der Waals surface area contributed by atoms with E-state index in [1.54, 1.807) is 0 Å². The molecular weight excluding hydrogens is 316 g/mol. The maximum absolute atomic E-state index is 12.9. The molecule has 3 heterocycles. The first kappa shape index (κ1) is 15.7. The van der Waals surface area contributed by atoms with Gasteiger partial charge in [-0.2, -0.15) is 0 Å². The fourth-order valence-corrected chi connectivity index (χ4v) is 3.32. The predicted octanol–water partition coefficient (Wildman–Crippen LogP) is 1.61. The summed E-state index contributed by atoms with van der Waals surface area (Å²) in [5.41, 5.74) is 5.34. The number of rotatable bonds is 3. The van der Waals surface area contributed by atoms with Crippen molar-refractivity contribution in [3.05, 3.63) is 53.2 Å². The summed E-state index contributed by atoms with van der Waals surface area (Å²) in [4.78, 5) is 32.2. The van der Waals surface area contributed by atoms with Crippen LogP contribution in [0.3, 0.4) is 0 Å². The van der Waals surface area contributed by atoms with E-state index >= 15 is 0 Å². The van der Waals surface area contributed by atoms with Crippen LogP contribution in [-0.4, -0.2) is 56.3 Å². The fourth-order valence-electron chi connectivity index (χ4n) is 3.32. The lowest BCUT2D eigenvalue weighted by molar-refractivity contribution is 0.0730. The van der Waals surface area contributed by atoms with Gasteiger partial charge in [0, 0.05) is 19.6 Å². The van der Waals surface area contributed by atoms with E-state index in [0.29, 0.717) is 29.9 Å². The van der Waals surface area contributed by atoms with Crippen molar-refractivity contribution >= 4 is 17.1 Å². The van der Waals surface area contributed by atoms with Crippen LogP contribution < -0.4 is 0 Å². The number of H-pyrrole nitrogens is 1. The first-order valence-electron chi connectivity index (χ1n) is 8.30. The second kappa shape index (κ2) is 6.25. The molecule has 1 aliphatic heterocycles. The first-order valence-corrected chi connectivity index (χ1v) is 8.30. The molecule has 0 aliphatic carbocycles. The maximum atomic E-state index is 12.9. The minimum Gasteiger partial charge on any atom is -0.341 e. The Morgan fingerprint density at radius 3 is 2.96 bits per heavy atom. The number of amides is 1. The highest BCUT2D eigenvalue weighted by Gasteiger charge is 2.25. The van der Waals surface area contributed by atoms with E-state index in [9.17, 15) is 4.79 Å². The van der Waals surface area contributed by atoms with E-state index in [0.717, 1.165) is 13.0 Å². The molecule has 1 aromatic carbocycles. The van der Waals surface area contributed by atoms with Gasteiger partial charge in [0.05, 0.1) is 6.33 Å². The third-order valence-corrected chi connectivity index (χ3v) is 4.49. The zero-order valence-electron chi connectivity index (χ0n) is 14.4. The number of benzene rings is 1. The molecule has 0 atom stereocenters. The zero-order valence-corrected chi connectivity index (χ0v) is 14.4. The number of nitrogens with zero attached hydrogens (tertiary/aromatic N) is 5. The average molecular weight is 336 g/mol. The van der Waals surface area contributed by atoms with Gasteiger partial charge in [0.2, 0.25) is 0 Å². The summed E-state index contributed by atoms with van der Waals surface area (Å²) in [5.74, 6) is -0.0836. The molecule has 7 heteroatoms. The second-order valence-electron chi connectivity index (χ2n) is 6.64. The van der Waals surface area contributed by atoms with Gasteiger partial charge in [-0.3, -0.25) is 4.79 Å². The number of aromatic nitrogens is 4. The lowest BCUT2D eigenvalue weighted by atomic mass is 9.97. The van der Waals surface area contributed by atoms with Crippen molar-refractivity contribution in [2.45, 2.75) is 19.5 Å². The van der Waals surface area contributed by atoms with Crippen LogP contribution in [0.2, 0.25) is 0 Å². The van der Waals surface area contributed by atoms with E-state index in [4.69, 9.17) is 0 Å².